The number of benzene rings is 1. The summed E-state index contributed by atoms with van der Waals surface area (Å²) in [4.78, 5) is 30.3. The van der Waals surface area contributed by atoms with Gasteiger partial charge in [0.2, 0.25) is 5.88 Å². The molecule has 1 saturated heterocycles. The van der Waals surface area contributed by atoms with E-state index in [-0.39, 0.29) is 18.3 Å². The fraction of sp³-hybridized carbons (Fsp3) is 0.522. The van der Waals surface area contributed by atoms with Crippen molar-refractivity contribution in [3.63, 3.8) is 0 Å². The second-order valence-electron chi connectivity index (χ2n) is 8.01. The molecule has 1 aliphatic rings. The van der Waals surface area contributed by atoms with Gasteiger partial charge < -0.3 is 24.8 Å². The van der Waals surface area contributed by atoms with Crippen LogP contribution < -0.4 is 15.2 Å². The van der Waals surface area contributed by atoms with Gasteiger partial charge in [-0.15, -0.1) is 0 Å². The summed E-state index contributed by atoms with van der Waals surface area (Å²) < 4.78 is 17.3. The maximum atomic E-state index is 12.3. The van der Waals surface area contributed by atoms with E-state index in [0.29, 0.717) is 36.9 Å². The zero-order chi connectivity index (χ0) is 22.4. The standard InChI is InChI=1S/C23H31N3O5/c1-4-5-11-29-23(28)26-10-6-7-17(14-26)31-22-18-13-20(30-15(2)3)19(21(24)27)12-16(18)8-9-25-22/h8-9,12-13,15,17H,4-7,10-11,14H2,1-3H3,(H2,24,27). The fourth-order valence-electron chi connectivity index (χ4n) is 3.57. The second-order valence-corrected chi connectivity index (χ2v) is 8.01. The first-order valence-electron chi connectivity index (χ1n) is 10.9. The molecule has 8 nitrogen and oxygen atoms in total. The highest BCUT2D eigenvalue weighted by atomic mass is 16.6. The van der Waals surface area contributed by atoms with Crippen molar-refractivity contribution in [1.82, 2.24) is 9.88 Å². The first-order chi connectivity index (χ1) is 14.9. The average Bonchev–Trinajstić information content (AvgIpc) is 2.73. The van der Waals surface area contributed by atoms with E-state index in [1.54, 1.807) is 29.3 Å². The quantitative estimate of drug-likeness (QED) is 0.638. The van der Waals surface area contributed by atoms with Gasteiger partial charge in [0.25, 0.3) is 5.91 Å². The zero-order valence-electron chi connectivity index (χ0n) is 18.4. The zero-order valence-corrected chi connectivity index (χ0v) is 18.4. The van der Waals surface area contributed by atoms with E-state index in [1.807, 2.05) is 13.8 Å². The summed E-state index contributed by atoms with van der Waals surface area (Å²) in [5.41, 5.74) is 5.86. The van der Waals surface area contributed by atoms with Crippen LogP contribution in [-0.4, -0.2) is 53.8 Å². The minimum atomic E-state index is -0.554. The number of hydrogen-bond acceptors (Lipinski definition) is 6. The maximum absolute atomic E-state index is 12.3. The third-order valence-corrected chi connectivity index (χ3v) is 5.09. The predicted octanol–water partition coefficient (Wildman–Crippen LogP) is 3.90. The molecule has 0 aliphatic carbocycles. The molecular formula is C23H31N3O5. The molecule has 3 rings (SSSR count). The Labute approximate surface area is 182 Å². The molecule has 31 heavy (non-hydrogen) atoms. The lowest BCUT2D eigenvalue weighted by atomic mass is 10.1. The minimum Gasteiger partial charge on any atom is -0.490 e. The number of carbonyl (C=O) groups is 2. The van der Waals surface area contributed by atoms with Crippen molar-refractivity contribution in [3.05, 3.63) is 30.0 Å². The van der Waals surface area contributed by atoms with Crippen molar-refractivity contribution in [2.24, 2.45) is 5.73 Å². The number of carbonyl (C=O) groups excluding carboxylic acids is 2. The molecule has 1 aliphatic heterocycles. The van der Waals surface area contributed by atoms with Crippen LogP contribution in [-0.2, 0) is 4.74 Å². The topological polar surface area (TPSA) is 104 Å². The SMILES string of the molecule is CCCCOC(=O)N1CCCC(Oc2nccc3cc(C(N)=O)c(OC(C)C)cc23)C1. The Bertz CT molecular complexity index is 931. The average molecular weight is 430 g/mol. The van der Waals surface area contributed by atoms with Crippen molar-refractivity contribution in [1.29, 1.82) is 0 Å². The highest BCUT2D eigenvalue weighted by Crippen LogP contribution is 2.32. The smallest absolute Gasteiger partial charge is 0.409 e. The molecule has 2 heterocycles. The number of nitrogens with two attached hydrogens (primary N) is 1. The Morgan fingerprint density at radius 2 is 2.13 bits per heavy atom. The lowest BCUT2D eigenvalue weighted by Crippen LogP contribution is -2.44. The second kappa shape index (κ2) is 10.3. The van der Waals surface area contributed by atoms with E-state index < -0.39 is 5.91 Å². The molecular weight excluding hydrogens is 398 g/mol. The molecule has 8 heteroatoms. The molecule has 0 saturated carbocycles. The third-order valence-electron chi connectivity index (χ3n) is 5.09. The number of primary amides is 1. The van der Waals surface area contributed by atoms with Crippen molar-refractivity contribution in [2.75, 3.05) is 19.7 Å². The van der Waals surface area contributed by atoms with Crippen LogP contribution in [0.15, 0.2) is 24.4 Å². The summed E-state index contributed by atoms with van der Waals surface area (Å²) in [6.07, 6.45) is 4.48. The van der Waals surface area contributed by atoms with Gasteiger partial charge in [0.1, 0.15) is 11.9 Å². The molecule has 1 aromatic heterocycles. The maximum Gasteiger partial charge on any atom is 0.409 e. The number of ether oxygens (including phenoxy) is 3. The monoisotopic (exact) mass is 429 g/mol. The molecule has 0 radical (unpaired) electrons. The van der Waals surface area contributed by atoms with Gasteiger partial charge in [-0.3, -0.25) is 4.79 Å². The number of aromatic nitrogens is 1. The molecule has 0 bridgehead atoms. The van der Waals surface area contributed by atoms with Crippen molar-refractivity contribution >= 4 is 22.8 Å². The van der Waals surface area contributed by atoms with E-state index in [0.717, 1.165) is 36.5 Å². The van der Waals surface area contributed by atoms with Crippen molar-refractivity contribution < 1.29 is 23.8 Å². The van der Waals surface area contributed by atoms with E-state index in [1.165, 1.54) is 0 Å². The number of fused-ring (bicyclic) bond motifs is 1. The molecule has 2 amide bonds. The van der Waals surface area contributed by atoms with Crippen LogP contribution in [0.4, 0.5) is 4.79 Å². The van der Waals surface area contributed by atoms with Crippen LogP contribution in [0, 0.1) is 0 Å². The van der Waals surface area contributed by atoms with Crippen LogP contribution in [0.3, 0.4) is 0 Å². The van der Waals surface area contributed by atoms with Crippen LogP contribution in [0.1, 0.15) is 56.8 Å². The number of likely N-dealkylation sites (tertiary alicyclic amines) is 1. The Morgan fingerprint density at radius 1 is 1.32 bits per heavy atom. The number of pyridine rings is 1. The molecule has 1 aromatic carbocycles. The molecule has 1 fully saturated rings. The fourth-order valence-corrected chi connectivity index (χ4v) is 3.57. The highest BCUT2D eigenvalue weighted by Gasteiger charge is 2.27. The van der Waals surface area contributed by atoms with Crippen LogP contribution >= 0.6 is 0 Å². The van der Waals surface area contributed by atoms with E-state index >= 15 is 0 Å². The van der Waals surface area contributed by atoms with Crippen molar-refractivity contribution in [2.45, 2.75) is 58.7 Å². The molecule has 168 valence electrons. The molecule has 2 N–H and O–H groups in total. The van der Waals surface area contributed by atoms with Gasteiger partial charge in [0, 0.05) is 18.1 Å². The number of hydrogen-bond donors (Lipinski definition) is 1. The van der Waals surface area contributed by atoms with Gasteiger partial charge in [-0.05, 0) is 56.7 Å². The first-order valence-corrected chi connectivity index (χ1v) is 10.9. The van der Waals surface area contributed by atoms with Gasteiger partial charge in [-0.25, -0.2) is 9.78 Å². The largest absolute Gasteiger partial charge is 0.490 e. The molecule has 1 unspecified atom stereocenters. The third kappa shape index (κ3) is 5.77. The number of unbranched alkanes of at least 4 members (excludes halogenated alkanes) is 1. The highest BCUT2D eigenvalue weighted by molar-refractivity contribution is 6.01. The summed E-state index contributed by atoms with van der Waals surface area (Å²) in [6, 6.07) is 5.24. The number of rotatable bonds is 8. The Hall–Kier alpha value is -3.03. The van der Waals surface area contributed by atoms with Crippen LogP contribution in [0.2, 0.25) is 0 Å². The summed E-state index contributed by atoms with van der Waals surface area (Å²) in [7, 11) is 0. The van der Waals surface area contributed by atoms with E-state index in [9.17, 15) is 9.59 Å². The lowest BCUT2D eigenvalue weighted by Gasteiger charge is -2.32. The number of nitrogens with zero attached hydrogens (tertiary/aromatic N) is 2. The van der Waals surface area contributed by atoms with Crippen LogP contribution in [0.5, 0.6) is 11.6 Å². The molecule has 0 spiro atoms. The lowest BCUT2D eigenvalue weighted by molar-refractivity contribution is 0.0571. The Kier molecular flexibility index (Phi) is 7.55. The van der Waals surface area contributed by atoms with Crippen molar-refractivity contribution in [3.8, 4) is 11.6 Å². The predicted molar refractivity (Wildman–Crippen MR) is 118 cm³/mol. The van der Waals surface area contributed by atoms with Gasteiger partial charge in [0.05, 0.1) is 24.8 Å². The summed E-state index contributed by atoms with van der Waals surface area (Å²) in [5, 5.41) is 1.51. The summed E-state index contributed by atoms with van der Waals surface area (Å²) in [6.45, 7) is 7.35. The Morgan fingerprint density at radius 3 is 2.84 bits per heavy atom. The summed E-state index contributed by atoms with van der Waals surface area (Å²) >= 11 is 0. The molecule has 2 aromatic rings. The van der Waals surface area contributed by atoms with Gasteiger partial charge >= 0.3 is 6.09 Å². The minimum absolute atomic E-state index is 0.123. The van der Waals surface area contributed by atoms with E-state index in [4.69, 9.17) is 19.9 Å². The normalized spacial score (nSPS) is 16.4. The first kappa shape index (κ1) is 22.7. The molecule has 1 atom stereocenters. The Balaban J connectivity index is 1.80. The van der Waals surface area contributed by atoms with Gasteiger partial charge in [-0.2, -0.15) is 0 Å². The van der Waals surface area contributed by atoms with Crippen LogP contribution in [0.25, 0.3) is 10.8 Å². The van der Waals surface area contributed by atoms with E-state index in [2.05, 4.69) is 11.9 Å². The summed E-state index contributed by atoms with van der Waals surface area (Å²) in [5.74, 6) is 0.285. The number of amides is 2. The van der Waals surface area contributed by atoms with Gasteiger partial charge in [0.15, 0.2) is 0 Å². The van der Waals surface area contributed by atoms with Gasteiger partial charge in [-0.1, -0.05) is 13.3 Å². The number of piperidine rings is 1.